The Labute approximate surface area is 119 Å². The predicted octanol–water partition coefficient (Wildman–Crippen LogP) is 3.80. The third-order valence-electron chi connectivity index (χ3n) is 3.86. The molecule has 0 aliphatic heterocycles. The number of ether oxygens (including phenoxy) is 2. The summed E-state index contributed by atoms with van der Waals surface area (Å²) in [7, 11) is 3.31. The third kappa shape index (κ3) is 2.31. The predicted molar refractivity (Wildman–Crippen MR) is 80.7 cm³/mol. The van der Waals surface area contributed by atoms with Crippen molar-refractivity contribution in [2.75, 3.05) is 19.5 Å². The molecule has 2 aromatic carbocycles. The van der Waals surface area contributed by atoms with E-state index in [1.165, 1.54) is 11.1 Å². The molecule has 3 nitrogen and oxygen atoms in total. The number of nitrogens with one attached hydrogen (secondary N) is 1. The van der Waals surface area contributed by atoms with E-state index < -0.39 is 0 Å². The highest BCUT2D eigenvalue weighted by molar-refractivity contribution is 5.56. The van der Waals surface area contributed by atoms with E-state index in [1.807, 2.05) is 18.2 Å². The van der Waals surface area contributed by atoms with Gasteiger partial charge in [0.2, 0.25) is 0 Å². The summed E-state index contributed by atoms with van der Waals surface area (Å²) in [6.07, 6.45) is 2.27. The first kappa shape index (κ1) is 12.9. The van der Waals surface area contributed by atoms with Crippen LogP contribution in [-0.2, 0) is 6.42 Å². The molecule has 2 aromatic rings. The van der Waals surface area contributed by atoms with E-state index in [1.54, 1.807) is 14.2 Å². The van der Waals surface area contributed by atoms with Crippen LogP contribution in [0, 0.1) is 0 Å². The van der Waals surface area contributed by atoms with Crippen LogP contribution in [0.3, 0.4) is 0 Å². The highest BCUT2D eigenvalue weighted by atomic mass is 16.5. The molecule has 0 fully saturated rings. The smallest absolute Gasteiger partial charge is 0.162 e. The van der Waals surface area contributed by atoms with Gasteiger partial charge in [0.15, 0.2) is 11.5 Å². The Balaban J connectivity index is 1.82. The van der Waals surface area contributed by atoms with Crippen LogP contribution in [0.4, 0.5) is 5.69 Å². The van der Waals surface area contributed by atoms with E-state index in [2.05, 4.69) is 29.6 Å². The van der Waals surface area contributed by atoms with Crippen molar-refractivity contribution >= 4 is 5.69 Å². The van der Waals surface area contributed by atoms with E-state index in [4.69, 9.17) is 9.47 Å². The maximum Gasteiger partial charge on any atom is 0.162 e. The van der Waals surface area contributed by atoms with Gasteiger partial charge in [-0.3, -0.25) is 0 Å². The van der Waals surface area contributed by atoms with Gasteiger partial charge in [0.05, 0.1) is 20.3 Å². The molecule has 0 saturated carbocycles. The first-order valence-electron chi connectivity index (χ1n) is 6.88. The van der Waals surface area contributed by atoms with Crippen LogP contribution in [0.15, 0.2) is 42.5 Å². The second kappa shape index (κ2) is 5.45. The number of hydrogen-bond donors (Lipinski definition) is 1. The minimum absolute atomic E-state index is 0.379. The molecule has 0 radical (unpaired) electrons. The summed E-state index contributed by atoms with van der Waals surface area (Å²) in [6.45, 7) is 0. The number of aryl methyl sites for hydroxylation is 1. The summed E-state index contributed by atoms with van der Waals surface area (Å²) in [5.74, 6) is 1.51. The van der Waals surface area contributed by atoms with Gasteiger partial charge in [0.25, 0.3) is 0 Å². The summed E-state index contributed by atoms with van der Waals surface area (Å²) in [6, 6.07) is 15.0. The van der Waals surface area contributed by atoms with Crippen LogP contribution >= 0.6 is 0 Å². The zero-order chi connectivity index (χ0) is 13.9. The van der Waals surface area contributed by atoms with Crippen molar-refractivity contribution < 1.29 is 9.47 Å². The van der Waals surface area contributed by atoms with Crippen LogP contribution in [0.25, 0.3) is 0 Å². The Bertz CT molecular complexity index is 610. The van der Waals surface area contributed by atoms with Gasteiger partial charge in [-0.25, -0.2) is 0 Å². The zero-order valence-electron chi connectivity index (χ0n) is 11.8. The topological polar surface area (TPSA) is 30.5 Å². The second-order valence-corrected chi connectivity index (χ2v) is 5.00. The van der Waals surface area contributed by atoms with E-state index in [0.29, 0.717) is 6.04 Å². The van der Waals surface area contributed by atoms with Crippen LogP contribution in [0.1, 0.15) is 23.6 Å². The minimum Gasteiger partial charge on any atom is -0.493 e. The summed E-state index contributed by atoms with van der Waals surface area (Å²) < 4.78 is 10.6. The van der Waals surface area contributed by atoms with E-state index in [-0.39, 0.29) is 0 Å². The van der Waals surface area contributed by atoms with Gasteiger partial charge in [-0.05, 0) is 36.1 Å². The van der Waals surface area contributed by atoms with Gasteiger partial charge in [-0.15, -0.1) is 0 Å². The fourth-order valence-electron chi connectivity index (χ4n) is 2.83. The van der Waals surface area contributed by atoms with Crippen LogP contribution in [0.5, 0.6) is 11.5 Å². The highest BCUT2D eigenvalue weighted by Gasteiger charge is 2.21. The standard InChI is InChI=1S/C17H19NO2/c1-19-16-10-8-13(11-17(16)20-2)18-15-9-7-12-5-3-4-6-14(12)15/h3-6,8,10-11,15,18H,7,9H2,1-2H3. The van der Waals surface area contributed by atoms with Gasteiger partial charge in [0.1, 0.15) is 0 Å². The number of hydrogen-bond acceptors (Lipinski definition) is 3. The number of fused-ring (bicyclic) bond motifs is 1. The van der Waals surface area contributed by atoms with Crippen molar-refractivity contribution in [2.45, 2.75) is 18.9 Å². The molecule has 1 N–H and O–H groups in total. The summed E-state index contributed by atoms with van der Waals surface area (Å²) in [5, 5.41) is 3.59. The Morgan fingerprint density at radius 1 is 1.00 bits per heavy atom. The molecule has 1 aliphatic rings. The minimum atomic E-state index is 0.379. The normalized spacial score (nSPS) is 16.6. The van der Waals surface area contributed by atoms with Crippen LogP contribution in [-0.4, -0.2) is 14.2 Å². The first-order valence-corrected chi connectivity index (χ1v) is 6.88. The fourth-order valence-corrected chi connectivity index (χ4v) is 2.83. The Hall–Kier alpha value is -2.16. The molecule has 3 rings (SSSR count). The SMILES string of the molecule is COc1ccc(NC2CCc3ccccc32)cc1OC. The largest absolute Gasteiger partial charge is 0.493 e. The Morgan fingerprint density at radius 3 is 2.60 bits per heavy atom. The molecule has 0 amide bonds. The fraction of sp³-hybridized carbons (Fsp3) is 0.294. The lowest BCUT2D eigenvalue weighted by Crippen LogP contribution is -2.07. The summed E-state index contributed by atoms with van der Waals surface area (Å²) in [5.41, 5.74) is 3.91. The molecule has 0 bridgehead atoms. The van der Waals surface area contributed by atoms with Crippen LogP contribution in [0.2, 0.25) is 0 Å². The molecular weight excluding hydrogens is 250 g/mol. The highest BCUT2D eigenvalue weighted by Crippen LogP contribution is 2.36. The van der Waals surface area contributed by atoms with Crippen LogP contribution < -0.4 is 14.8 Å². The van der Waals surface area contributed by atoms with Crippen molar-refractivity contribution in [2.24, 2.45) is 0 Å². The quantitative estimate of drug-likeness (QED) is 0.915. The summed E-state index contributed by atoms with van der Waals surface area (Å²) >= 11 is 0. The average Bonchev–Trinajstić information content (AvgIpc) is 2.90. The molecule has 0 spiro atoms. The maximum atomic E-state index is 5.35. The van der Waals surface area contributed by atoms with Gasteiger partial charge in [-0.2, -0.15) is 0 Å². The molecule has 0 aromatic heterocycles. The number of rotatable bonds is 4. The molecular formula is C17H19NO2. The lowest BCUT2D eigenvalue weighted by molar-refractivity contribution is 0.355. The number of anilines is 1. The molecule has 20 heavy (non-hydrogen) atoms. The lowest BCUT2D eigenvalue weighted by Gasteiger charge is -2.17. The van der Waals surface area contributed by atoms with E-state index in [0.717, 1.165) is 30.0 Å². The molecule has 104 valence electrons. The summed E-state index contributed by atoms with van der Waals surface area (Å²) in [4.78, 5) is 0. The zero-order valence-corrected chi connectivity index (χ0v) is 11.8. The third-order valence-corrected chi connectivity index (χ3v) is 3.86. The van der Waals surface area contributed by atoms with Crippen molar-refractivity contribution in [1.29, 1.82) is 0 Å². The van der Waals surface area contributed by atoms with E-state index in [9.17, 15) is 0 Å². The van der Waals surface area contributed by atoms with Gasteiger partial charge < -0.3 is 14.8 Å². The Morgan fingerprint density at radius 2 is 1.80 bits per heavy atom. The second-order valence-electron chi connectivity index (χ2n) is 5.00. The van der Waals surface area contributed by atoms with Gasteiger partial charge in [0, 0.05) is 11.8 Å². The molecule has 0 saturated heterocycles. The van der Waals surface area contributed by atoms with E-state index >= 15 is 0 Å². The molecule has 0 heterocycles. The maximum absolute atomic E-state index is 5.35. The lowest BCUT2D eigenvalue weighted by atomic mass is 10.1. The monoisotopic (exact) mass is 269 g/mol. The van der Waals surface area contributed by atoms with Crippen molar-refractivity contribution in [3.63, 3.8) is 0 Å². The molecule has 1 aliphatic carbocycles. The molecule has 1 atom stereocenters. The van der Waals surface area contributed by atoms with Crippen molar-refractivity contribution in [3.8, 4) is 11.5 Å². The van der Waals surface area contributed by atoms with Crippen molar-refractivity contribution in [1.82, 2.24) is 0 Å². The van der Waals surface area contributed by atoms with Crippen molar-refractivity contribution in [3.05, 3.63) is 53.6 Å². The molecule has 3 heteroatoms. The molecule has 1 unspecified atom stereocenters. The number of methoxy groups -OCH3 is 2. The number of benzene rings is 2. The van der Waals surface area contributed by atoms with Gasteiger partial charge in [-0.1, -0.05) is 24.3 Å². The van der Waals surface area contributed by atoms with Gasteiger partial charge >= 0.3 is 0 Å². The first-order chi connectivity index (χ1) is 9.81. The average molecular weight is 269 g/mol. The Kier molecular flexibility index (Phi) is 3.50.